The molecule has 1 N–H and O–H groups in total. The Labute approximate surface area is 193 Å². The van der Waals surface area contributed by atoms with Crippen LogP contribution in [-0.2, 0) is 10.5 Å². The van der Waals surface area contributed by atoms with E-state index in [1.165, 1.54) is 0 Å². The molecule has 1 aromatic carbocycles. The molecule has 1 aliphatic rings. The molecule has 3 aromatic rings. The molecule has 170 valence electrons. The second kappa shape index (κ2) is 7.68. The first-order chi connectivity index (χ1) is 15.7. The first-order valence-electron chi connectivity index (χ1n) is 10.7. The number of aromatic nitrogens is 3. The highest BCUT2D eigenvalue weighted by Crippen LogP contribution is 2.59. The van der Waals surface area contributed by atoms with Gasteiger partial charge in [0.25, 0.3) is 0 Å². The van der Waals surface area contributed by atoms with Crippen LogP contribution in [0.3, 0.4) is 0 Å². The average molecular weight is 446 g/mol. The van der Waals surface area contributed by atoms with Crippen molar-refractivity contribution in [3.8, 4) is 23.6 Å². The van der Waals surface area contributed by atoms with E-state index in [0.29, 0.717) is 28.4 Å². The third kappa shape index (κ3) is 3.18. The predicted octanol–water partition coefficient (Wildman–Crippen LogP) is 4.62. The summed E-state index contributed by atoms with van der Waals surface area (Å²) in [4.78, 5) is 7.80. The summed E-state index contributed by atoms with van der Waals surface area (Å²) in [6.45, 7) is 7.81. The van der Waals surface area contributed by atoms with Gasteiger partial charge in [0.15, 0.2) is 17.2 Å². The molecule has 0 saturated carbocycles. The van der Waals surface area contributed by atoms with E-state index >= 15 is 0 Å². The molecule has 0 spiro atoms. The lowest BCUT2D eigenvalue weighted by atomic mass is 9.67. The SMILES string of the molecule is COc1cc2nc(C(C#N)=CC3(C#N)C(C)C(C)(C)OC3(C)n3cccc3)[nH]c2cc1OC. The van der Waals surface area contributed by atoms with Gasteiger partial charge in [-0.1, -0.05) is 6.92 Å². The Morgan fingerprint density at radius 2 is 1.79 bits per heavy atom. The molecule has 0 aliphatic carbocycles. The number of nitrogens with zero attached hydrogens (tertiary/aromatic N) is 4. The molecule has 0 amide bonds. The number of fused-ring (bicyclic) bond motifs is 1. The van der Waals surface area contributed by atoms with Crippen molar-refractivity contribution in [1.29, 1.82) is 10.5 Å². The maximum atomic E-state index is 10.6. The molecule has 3 heterocycles. The van der Waals surface area contributed by atoms with E-state index in [2.05, 4.69) is 22.1 Å². The van der Waals surface area contributed by atoms with Crippen LogP contribution in [0, 0.1) is 34.0 Å². The van der Waals surface area contributed by atoms with Crippen molar-refractivity contribution < 1.29 is 14.2 Å². The predicted molar refractivity (Wildman–Crippen MR) is 123 cm³/mol. The van der Waals surface area contributed by atoms with Gasteiger partial charge in [-0.3, -0.25) is 0 Å². The minimum Gasteiger partial charge on any atom is -0.493 e. The molecule has 0 radical (unpaired) electrons. The zero-order chi connectivity index (χ0) is 24.0. The lowest BCUT2D eigenvalue weighted by molar-refractivity contribution is -0.143. The quantitative estimate of drug-likeness (QED) is 0.574. The zero-order valence-corrected chi connectivity index (χ0v) is 19.6. The molecule has 4 rings (SSSR count). The van der Waals surface area contributed by atoms with Gasteiger partial charge in [-0.2, -0.15) is 10.5 Å². The first kappa shape index (κ1) is 22.4. The lowest BCUT2D eigenvalue weighted by Gasteiger charge is -2.38. The standard InChI is InChI=1S/C25H27N5O3/c1-16-23(2,3)33-24(4,30-9-7-8-10-30)25(16,15-27)13-17(14-26)22-28-18-11-20(31-5)21(32-6)12-19(18)29-22/h7-13,16H,1-6H3,(H,28,29). The fraction of sp³-hybridized carbons (Fsp3) is 0.400. The number of nitrogens with one attached hydrogen (secondary N) is 1. The maximum Gasteiger partial charge on any atom is 0.165 e. The molecular formula is C25H27N5O3. The Morgan fingerprint density at radius 3 is 2.36 bits per heavy atom. The average Bonchev–Trinajstić information content (AvgIpc) is 3.50. The normalized spacial score (nSPS) is 26.7. The summed E-state index contributed by atoms with van der Waals surface area (Å²) >= 11 is 0. The van der Waals surface area contributed by atoms with Crippen molar-refractivity contribution in [3.63, 3.8) is 0 Å². The van der Waals surface area contributed by atoms with E-state index in [9.17, 15) is 10.5 Å². The molecule has 1 aliphatic heterocycles. The van der Waals surface area contributed by atoms with Crippen LogP contribution in [0.25, 0.3) is 16.6 Å². The minimum absolute atomic E-state index is 0.227. The number of imidazole rings is 1. The van der Waals surface area contributed by atoms with Crippen molar-refractivity contribution >= 4 is 16.6 Å². The Morgan fingerprint density at radius 1 is 1.15 bits per heavy atom. The number of allylic oxidation sites excluding steroid dienone is 1. The molecule has 8 nitrogen and oxygen atoms in total. The van der Waals surface area contributed by atoms with E-state index in [0.717, 1.165) is 0 Å². The van der Waals surface area contributed by atoms with Crippen LogP contribution in [0.15, 0.2) is 42.7 Å². The fourth-order valence-electron chi connectivity index (χ4n) is 4.86. The summed E-state index contributed by atoms with van der Waals surface area (Å²) in [5.74, 6) is 1.23. The van der Waals surface area contributed by atoms with Gasteiger partial charge in [0.2, 0.25) is 0 Å². The Balaban J connectivity index is 1.92. The van der Waals surface area contributed by atoms with Crippen molar-refractivity contribution in [2.75, 3.05) is 14.2 Å². The summed E-state index contributed by atoms with van der Waals surface area (Å²) in [7, 11) is 3.11. The molecule has 1 fully saturated rings. The largest absolute Gasteiger partial charge is 0.493 e. The number of hydrogen-bond donors (Lipinski definition) is 1. The van der Waals surface area contributed by atoms with Gasteiger partial charge in [0.05, 0.1) is 42.5 Å². The molecule has 2 aromatic heterocycles. The number of hydrogen-bond acceptors (Lipinski definition) is 6. The van der Waals surface area contributed by atoms with Gasteiger partial charge in [-0.05, 0) is 39.0 Å². The summed E-state index contributed by atoms with van der Waals surface area (Å²) in [5.41, 5.74) is -1.21. The summed E-state index contributed by atoms with van der Waals surface area (Å²) in [6, 6.07) is 12.1. The number of aromatic amines is 1. The van der Waals surface area contributed by atoms with Gasteiger partial charge in [0, 0.05) is 30.4 Å². The second-order valence-corrected chi connectivity index (χ2v) is 8.96. The minimum atomic E-state index is -1.14. The van der Waals surface area contributed by atoms with E-state index in [4.69, 9.17) is 14.2 Å². The molecular weight excluding hydrogens is 418 g/mol. The van der Waals surface area contributed by atoms with E-state index in [-0.39, 0.29) is 11.5 Å². The number of ether oxygens (including phenoxy) is 3. The van der Waals surface area contributed by atoms with E-state index < -0.39 is 16.7 Å². The van der Waals surface area contributed by atoms with Gasteiger partial charge < -0.3 is 23.8 Å². The Hall–Kier alpha value is -3.75. The number of rotatable bonds is 5. The Kier molecular flexibility index (Phi) is 5.23. The zero-order valence-electron chi connectivity index (χ0n) is 19.6. The van der Waals surface area contributed by atoms with Crippen molar-refractivity contribution in [3.05, 3.63) is 48.6 Å². The van der Waals surface area contributed by atoms with Gasteiger partial charge in [-0.15, -0.1) is 0 Å². The van der Waals surface area contributed by atoms with E-state index in [1.54, 1.807) is 32.4 Å². The van der Waals surface area contributed by atoms with Crippen LogP contribution in [0.2, 0.25) is 0 Å². The monoisotopic (exact) mass is 445 g/mol. The summed E-state index contributed by atoms with van der Waals surface area (Å²) < 4.78 is 19.2. The van der Waals surface area contributed by atoms with Crippen LogP contribution in [0.5, 0.6) is 11.5 Å². The first-order valence-corrected chi connectivity index (χ1v) is 10.7. The van der Waals surface area contributed by atoms with E-state index in [1.807, 2.05) is 56.8 Å². The molecule has 3 unspecified atom stereocenters. The number of methoxy groups -OCH3 is 2. The van der Waals surface area contributed by atoms with Crippen molar-refractivity contribution in [2.45, 2.75) is 39.0 Å². The highest BCUT2D eigenvalue weighted by molar-refractivity contribution is 5.85. The molecule has 1 saturated heterocycles. The third-order valence-corrected chi connectivity index (χ3v) is 6.97. The Bertz CT molecular complexity index is 1270. The third-order valence-electron chi connectivity index (χ3n) is 6.97. The highest BCUT2D eigenvalue weighted by Gasteiger charge is 2.65. The van der Waals surface area contributed by atoms with Crippen LogP contribution in [0.4, 0.5) is 0 Å². The van der Waals surface area contributed by atoms with Gasteiger partial charge >= 0.3 is 0 Å². The van der Waals surface area contributed by atoms with Crippen LogP contribution >= 0.6 is 0 Å². The molecule has 0 bridgehead atoms. The number of benzene rings is 1. The lowest BCUT2D eigenvalue weighted by Crippen LogP contribution is -2.45. The maximum absolute atomic E-state index is 10.6. The summed E-state index contributed by atoms with van der Waals surface area (Å²) in [6.07, 6.45) is 5.46. The van der Waals surface area contributed by atoms with Crippen LogP contribution in [-0.4, -0.2) is 34.4 Å². The highest BCUT2D eigenvalue weighted by atomic mass is 16.5. The molecule has 33 heavy (non-hydrogen) atoms. The summed E-state index contributed by atoms with van der Waals surface area (Å²) in [5, 5.41) is 20.7. The van der Waals surface area contributed by atoms with Gasteiger partial charge in [0.1, 0.15) is 17.3 Å². The molecule has 3 atom stereocenters. The van der Waals surface area contributed by atoms with Crippen LogP contribution in [0.1, 0.15) is 33.5 Å². The fourth-order valence-corrected chi connectivity index (χ4v) is 4.86. The number of nitriles is 2. The number of H-pyrrole nitrogens is 1. The van der Waals surface area contributed by atoms with Crippen molar-refractivity contribution in [1.82, 2.24) is 14.5 Å². The van der Waals surface area contributed by atoms with Crippen LogP contribution < -0.4 is 9.47 Å². The van der Waals surface area contributed by atoms with Crippen molar-refractivity contribution in [2.24, 2.45) is 11.3 Å². The topological polar surface area (TPSA) is 109 Å². The smallest absolute Gasteiger partial charge is 0.165 e. The second-order valence-electron chi connectivity index (χ2n) is 8.96. The molecule has 8 heteroatoms. The van der Waals surface area contributed by atoms with Gasteiger partial charge in [-0.25, -0.2) is 4.98 Å².